The van der Waals surface area contributed by atoms with E-state index in [4.69, 9.17) is 5.73 Å². The first-order valence-electron chi connectivity index (χ1n) is 5.87. The van der Waals surface area contributed by atoms with Gasteiger partial charge in [0.25, 0.3) is 0 Å². The van der Waals surface area contributed by atoms with Crippen molar-refractivity contribution in [3.63, 3.8) is 0 Å². The van der Waals surface area contributed by atoms with E-state index < -0.39 is 0 Å². The third-order valence-corrected chi connectivity index (χ3v) is 4.50. The molecule has 0 bridgehead atoms. The SMILES string of the molecule is NC1CCN(C(c2cccs2)C2CC2)C1. The van der Waals surface area contributed by atoms with E-state index in [0.717, 1.165) is 12.5 Å². The molecule has 0 radical (unpaired) electrons. The number of nitrogens with two attached hydrogens (primary N) is 1. The first-order chi connectivity index (χ1) is 7.34. The number of nitrogens with zero attached hydrogens (tertiary/aromatic N) is 1. The Morgan fingerprint density at radius 3 is 2.80 bits per heavy atom. The number of rotatable bonds is 3. The van der Waals surface area contributed by atoms with Crippen LogP contribution in [0.1, 0.15) is 30.2 Å². The molecule has 2 fully saturated rings. The van der Waals surface area contributed by atoms with Gasteiger partial charge in [-0.25, -0.2) is 0 Å². The second-order valence-electron chi connectivity index (χ2n) is 4.84. The monoisotopic (exact) mass is 222 g/mol. The lowest BCUT2D eigenvalue weighted by molar-refractivity contribution is 0.222. The molecule has 1 aromatic heterocycles. The fraction of sp³-hybridized carbons (Fsp3) is 0.667. The molecule has 1 aliphatic heterocycles. The minimum absolute atomic E-state index is 0.409. The molecule has 15 heavy (non-hydrogen) atoms. The van der Waals surface area contributed by atoms with Gasteiger partial charge in [-0.1, -0.05) is 6.07 Å². The largest absolute Gasteiger partial charge is 0.326 e. The maximum Gasteiger partial charge on any atom is 0.0470 e. The third kappa shape index (κ3) is 1.96. The highest BCUT2D eigenvalue weighted by molar-refractivity contribution is 7.10. The molecule has 2 unspecified atom stereocenters. The summed E-state index contributed by atoms with van der Waals surface area (Å²) < 4.78 is 0. The summed E-state index contributed by atoms with van der Waals surface area (Å²) >= 11 is 1.90. The molecular formula is C12H18N2S. The Morgan fingerprint density at radius 2 is 2.27 bits per heavy atom. The molecule has 2 heterocycles. The summed E-state index contributed by atoms with van der Waals surface area (Å²) in [4.78, 5) is 4.15. The summed E-state index contributed by atoms with van der Waals surface area (Å²) in [5, 5.41) is 2.20. The van der Waals surface area contributed by atoms with Gasteiger partial charge in [0.1, 0.15) is 0 Å². The van der Waals surface area contributed by atoms with E-state index >= 15 is 0 Å². The molecule has 1 saturated heterocycles. The van der Waals surface area contributed by atoms with E-state index in [-0.39, 0.29) is 0 Å². The molecule has 2 atom stereocenters. The summed E-state index contributed by atoms with van der Waals surface area (Å²) in [6, 6.07) is 5.55. The van der Waals surface area contributed by atoms with Gasteiger partial charge in [-0.05, 0) is 36.6 Å². The van der Waals surface area contributed by atoms with Crippen molar-refractivity contribution in [3.8, 4) is 0 Å². The van der Waals surface area contributed by atoms with Gasteiger partial charge in [-0.15, -0.1) is 11.3 Å². The third-order valence-electron chi connectivity index (χ3n) is 3.55. The first kappa shape index (κ1) is 9.82. The lowest BCUT2D eigenvalue weighted by Crippen LogP contribution is -2.30. The van der Waals surface area contributed by atoms with E-state index in [1.54, 1.807) is 4.88 Å². The lowest BCUT2D eigenvalue weighted by atomic mass is 10.1. The standard InChI is InChI=1S/C12H18N2S/c13-10-5-6-14(8-10)12(9-3-4-9)11-2-1-7-15-11/h1-2,7,9-10,12H,3-6,8,13H2. The molecule has 2 aliphatic rings. The number of likely N-dealkylation sites (tertiary alicyclic amines) is 1. The maximum absolute atomic E-state index is 6.00. The average molecular weight is 222 g/mol. The van der Waals surface area contributed by atoms with Crippen LogP contribution in [0.15, 0.2) is 17.5 Å². The van der Waals surface area contributed by atoms with E-state index in [1.807, 2.05) is 11.3 Å². The Labute approximate surface area is 95.1 Å². The molecule has 82 valence electrons. The topological polar surface area (TPSA) is 29.3 Å². The maximum atomic E-state index is 6.00. The zero-order chi connectivity index (χ0) is 10.3. The lowest BCUT2D eigenvalue weighted by Gasteiger charge is -2.26. The van der Waals surface area contributed by atoms with E-state index in [9.17, 15) is 0 Å². The Hall–Kier alpha value is -0.380. The Bertz CT molecular complexity index is 318. The smallest absolute Gasteiger partial charge is 0.0470 e. The summed E-state index contributed by atoms with van der Waals surface area (Å²) in [6.45, 7) is 2.29. The van der Waals surface area contributed by atoms with Gasteiger partial charge in [0.2, 0.25) is 0 Å². The second kappa shape index (κ2) is 3.89. The van der Waals surface area contributed by atoms with E-state index in [2.05, 4.69) is 22.4 Å². The molecule has 3 rings (SSSR count). The van der Waals surface area contributed by atoms with Gasteiger partial charge >= 0.3 is 0 Å². The number of hydrogen-bond donors (Lipinski definition) is 1. The fourth-order valence-electron chi connectivity index (χ4n) is 2.65. The highest BCUT2D eigenvalue weighted by Gasteiger charge is 2.38. The van der Waals surface area contributed by atoms with Crippen LogP contribution in [-0.4, -0.2) is 24.0 Å². The zero-order valence-electron chi connectivity index (χ0n) is 8.93. The molecule has 1 saturated carbocycles. The molecular weight excluding hydrogens is 204 g/mol. The summed E-state index contributed by atoms with van der Waals surface area (Å²) in [7, 11) is 0. The Morgan fingerprint density at radius 1 is 1.40 bits per heavy atom. The molecule has 3 heteroatoms. The van der Waals surface area contributed by atoms with Crippen molar-refractivity contribution in [2.24, 2.45) is 11.7 Å². The van der Waals surface area contributed by atoms with Gasteiger partial charge in [-0.3, -0.25) is 4.90 Å². The van der Waals surface area contributed by atoms with Crippen LogP contribution < -0.4 is 5.73 Å². The van der Waals surface area contributed by atoms with Gasteiger partial charge in [0, 0.05) is 30.1 Å². The highest BCUT2D eigenvalue weighted by Crippen LogP contribution is 2.46. The van der Waals surface area contributed by atoms with Crippen molar-refractivity contribution in [2.75, 3.05) is 13.1 Å². The Balaban J connectivity index is 1.79. The zero-order valence-corrected chi connectivity index (χ0v) is 9.75. The second-order valence-corrected chi connectivity index (χ2v) is 5.82. The van der Waals surface area contributed by atoms with Crippen LogP contribution in [0.2, 0.25) is 0 Å². The molecule has 2 nitrogen and oxygen atoms in total. The number of thiophene rings is 1. The normalized spacial score (nSPS) is 29.5. The molecule has 0 aromatic carbocycles. The molecule has 0 amide bonds. The quantitative estimate of drug-likeness (QED) is 0.850. The average Bonchev–Trinajstić information content (AvgIpc) is 2.74. The van der Waals surface area contributed by atoms with Crippen molar-refractivity contribution in [1.82, 2.24) is 4.90 Å². The van der Waals surface area contributed by atoms with Gasteiger partial charge < -0.3 is 5.73 Å². The summed E-state index contributed by atoms with van der Waals surface area (Å²) in [6.07, 6.45) is 4.00. The molecule has 1 aliphatic carbocycles. The van der Waals surface area contributed by atoms with Crippen LogP contribution in [0, 0.1) is 5.92 Å². The molecule has 2 N–H and O–H groups in total. The molecule has 0 spiro atoms. The highest BCUT2D eigenvalue weighted by atomic mass is 32.1. The van der Waals surface area contributed by atoms with Crippen LogP contribution in [0.3, 0.4) is 0 Å². The summed E-state index contributed by atoms with van der Waals surface area (Å²) in [5.41, 5.74) is 6.00. The van der Waals surface area contributed by atoms with Crippen molar-refractivity contribution in [2.45, 2.75) is 31.3 Å². The van der Waals surface area contributed by atoms with E-state index in [0.29, 0.717) is 12.1 Å². The van der Waals surface area contributed by atoms with Crippen LogP contribution in [0.4, 0.5) is 0 Å². The fourth-order valence-corrected chi connectivity index (χ4v) is 3.60. The van der Waals surface area contributed by atoms with Gasteiger partial charge in [0.15, 0.2) is 0 Å². The van der Waals surface area contributed by atoms with Crippen LogP contribution >= 0.6 is 11.3 Å². The number of hydrogen-bond acceptors (Lipinski definition) is 3. The van der Waals surface area contributed by atoms with Crippen LogP contribution in [0.5, 0.6) is 0 Å². The summed E-state index contributed by atoms with van der Waals surface area (Å²) in [5.74, 6) is 0.911. The predicted molar refractivity (Wildman–Crippen MR) is 63.9 cm³/mol. The Kier molecular flexibility index (Phi) is 2.54. The minimum Gasteiger partial charge on any atom is -0.326 e. The van der Waals surface area contributed by atoms with Crippen molar-refractivity contribution in [3.05, 3.63) is 22.4 Å². The van der Waals surface area contributed by atoms with Crippen molar-refractivity contribution >= 4 is 11.3 Å². The first-order valence-corrected chi connectivity index (χ1v) is 6.75. The molecule has 1 aromatic rings. The van der Waals surface area contributed by atoms with Crippen LogP contribution in [0.25, 0.3) is 0 Å². The van der Waals surface area contributed by atoms with Crippen molar-refractivity contribution in [1.29, 1.82) is 0 Å². The minimum atomic E-state index is 0.409. The van der Waals surface area contributed by atoms with Crippen LogP contribution in [-0.2, 0) is 0 Å². The predicted octanol–water partition coefficient (Wildman–Crippen LogP) is 2.23. The van der Waals surface area contributed by atoms with Crippen molar-refractivity contribution < 1.29 is 0 Å². The van der Waals surface area contributed by atoms with E-state index in [1.165, 1.54) is 25.8 Å². The van der Waals surface area contributed by atoms with Gasteiger partial charge in [0.05, 0.1) is 0 Å². The van der Waals surface area contributed by atoms with Gasteiger partial charge in [-0.2, -0.15) is 0 Å².